The van der Waals surface area contributed by atoms with E-state index in [-0.39, 0.29) is 5.41 Å². The van der Waals surface area contributed by atoms with Gasteiger partial charge in [-0.05, 0) is 37.6 Å². The van der Waals surface area contributed by atoms with Gasteiger partial charge in [-0.15, -0.1) is 0 Å². The van der Waals surface area contributed by atoms with Crippen molar-refractivity contribution in [1.29, 1.82) is 0 Å². The van der Waals surface area contributed by atoms with Gasteiger partial charge in [-0.25, -0.2) is 0 Å². The summed E-state index contributed by atoms with van der Waals surface area (Å²) in [6.45, 7) is 4.35. The lowest BCUT2D eigenvalue weighted by atomic mass is 9.87. The van der Waals surface area contributed by atoms with Gasteiger partial charge in [-0.1, -0.05) is 36.5 Å². The van der Waals surface area contributed by atoms with Crippen LogP contribution < -0.4 is 9.64 Å². The number of hydrogen-bond acceptors (Lipinski definition) is 2. The highest BCUT2D eigenvalue weighted by Crippen LogP contribution is 2.46. The lowest BCUT2D eigenvalue weighted by Gasteiger charge is -2.24. The Morgan fingerprint density at radius 2 is 1.80 bits per heavy atom. The van der Waals surface area contributed by atoms with Crippen LogP contribution in [0.1, 0.15) is 19.4 Å². The quantitative estimate of drug-likeness (QED) is 0.755. The summed E-state index contributed by atoms with van der Waals surface area (Å²) >= 11 is 5.73. The van der Waals surface area contributed by atoms with Gasteiger partial charge < -0.3 is 9.64 Å². The summed E-state index contributed by atoms with van der Waals surface area (Å²) in [5.41, 5.74) is 3.35. The van der Waals surface area contributed by atoms with Crippen molar-refractivity contribution < 1.29 is 4.74 Å². The summed E-state index contributed by atoms with van der Waals surface area (Å²) in [6.07, 6.45) is 0. The Kier molecular flexibility index (Phi) is 3.02. The van der Waals surface area contributed by atoms with E-state index in [1.807, 2.05) is 18.2 Å². The van der Waals surface area contributed by atoms with Crippen LogP contribution in [0.2, 0.25) is 0 Å². The molecule has 0 atom stereocenters. The summed E-state index contributed by atoms with van der Waals surface area (Å²) in [6, 6.07) is 16.4. The topological polar surface area (TPSA) is 12.5 Å². The van der Waals surface area contributed by atoms with Gasteiger partial charge in [0, 0.05) is 11.5 Å². The first kappa shape index (κ1) is 13.1. The first-order valence-electron chi connectivity index (χ1n) is 6.64. The zero-order valence-electron chi connectivity index (χ0n) is 11.9. The predicted octanol–water partition coefficient (Wildman–Crippen LogP) is 4.45. The molecule has 1 aliphatic heterocycles. The molecule has 0 saturated heterocycles. The van der Waals surface area contributed by atoms with Crippen LogP contribution in [-0.4, -0.2) is 12.1 Å². The lowest BCUT2D eigenvalue weighted by Crippen LogP contribution is -2.31. The van der Waals surface area contributed by atoms with E-state index in [0.717, 1.165) is 22.1 Å². The van der Waals surface area contributed by atoms with Crippen molar-refractivity contribution >= 4 is 28.6 Å². The molecule has 3 heteroatoms. The van der Waals surface area contributed by atoms with Crippen LogP contribution in [0, 0.1) is 0 Å². The van der Waals surface area contributed by atoms with Crippen LogP contribution in [0.25, 0.3) is 0 Å². The molecule has 0 bridgehead atoms. The number of para-hydroxylation sites is 1. The van der Waals surface area contributed by atoms with E-state index in [4.69, 9.17) is 17.0 Å². The molecule has 0 N–H and O–H groups in total. The predicted molar refractivity (Wildman–Crippen MR) is 87.2 cm³/mol. The second-order valence-electron chi connectivity index (χ2n) is 5.48. The number of rotatable bonds is 2. The number of methoxy groups -OCH3 is 1. The van der Waals surface area contributed by atoms with E-state index in [9.17, 15) is 0 Å². The maximum atomic E-state index is 5.73. The summed E-state index contributed by atoms with van der Waals surface area (Å²) in [5, 5.41) is 0. The fourth-order valence-electron chi connectivity index (χ4n) is 2.71. The zero-order chi connectivity index (χ0) is 14.3. The Morgan fingerprint density at radius 1 is 1.05 bits per heavy atom. The fourth-order valence-corrected chi connectivity index (χ4v) is 3.02. The summed E-state index contributed by atoms with van der Waals surface area (Å²) in [7, 11) is 1.68. The number of anilines is 2. The van der Waals surface area contributed by atoms with Crippen LogP contribution in [0.4, 0.5) is 11.4 Å². The molecule has 20 heavy (non-hydrogen) atoms. The van der Waals surface area contributed by atoms with Crippen LogP contribution in [0.3, 0.4) is 0 Å². The first-order valence-corrected chi connectivity index (χ1v) is 7.04. The maximum absolute atomic E-state index is 5.73. The lowest BCUT2D eigenvalue weighted by molar-refractivity contribution is 0.415. The minimum absolute atomic E-state index is 0.130. The van der Waals surface area contributed by atoms with Crippen molar-refractivity contribution in [3.63, 3.8) is 0 Å². The van der Waals surface area contributed by atoms with Gasteiger partial charge in [0.05, 0.1) is 23.5 Å². The minimum atomic E-state index is -0.130. The molecule has 0 amide bonds. The van der Waals surface area contributed by atoms with Crippen molar-refractivity contribution in [1.82, 2.24) is 0 Å². The molecule has 0 saturated carbocycles. The molecular weight excluding hydrogens is 266 g/mol. The third kappa shape index (κ3) is 1.81. The van der Waals surface area contributed by atoms with E-state index >= 15 is 0 Å². The summed E-state index contributed by atoms with van der Waals surface area (Å²) in [5.74, 6) is 0.840. The smallest absolute Gasteiger partial charge is 0.120 e. The van der Waals surface area contributed by atoms with Gasteiger partial charge in [0.15, 0.2) is 0 Å². The van der Waals surface area contributed by atoms with Crippen LogP contribution in [0.5, 0.6) is 5.75 Å². The van der Waals surface area contributed by atoms with Crippen molar-refractivity contribution in [2.45, 2.75) is 19.3 Å². The van der Waals surface area contributed by atoms with Crippen LogP contribution in [0.15, 0.2) is 48.5 Å². The largest absolute Gasteiger partial charge is 0.497 e. The number of thiocarbonyl (C=S) groups is 1. The van der Waals surface area contributed by atoms with Crippen LogP contribution >= 0.6 is 12.2 Å². The van der Waals surface area contributed by atoms with Crippen molar-refractivity contribution in [2.24, 2.45) is 0 Å². The molecule has 2 aromatic carbocycles. The van der Waals surface area contributed by atoms with E-state index in [0.29, 0.717) is 0 Å². The normalized spacial score (nSPS) is 16.1. The molecule has 0 fully saturated rings. The molecule has 0 unspecified atom stereocenters. The first-order chi connectivity index (χ1) is 9.55. The standard InChI is InChI=1S/C17H17NOS/c1-17(2)14-9-4-5-10-15(14)18(16(17)20)12-7-6-8-13(11-12)19-3/h4-11H,1-3H3. The summed E-state index contributed by atoms with van der Waals surface area (Å²) < 4.78 is 5.32. The minimum Gasteiger partial charge on any atom is -0.497 e. The zero-order valence-corrected chi connectivity index (χ0v) is 12.7. The van der Waals surface area contributed by atoms with E-state index < -0.39 is 0 Å². The number of ether oxygens (including phenoxy) is 1. The SMILES string of the molecule is COc1cccc(N2C(=S)C(C)(C)c3ccccc32)c1. The molecule has 1 heterocycles. The van der Waals surface area contributed by atoms with Gasteiger partial charge in [0.25, 0.3) is 0 Å². The van der Waals surface area contributed by atoms with Gasteiger partial charge >= 0.3 is 0 Å². The van der Waals surface area contributed by atoms with Gasteiger partial charge in [0.1, 0.15) is 5.75 Å². The highest BCUT2D eigenvalue weighted by atomic mass is 32.1. The number of nitrogens with zero attached hydrogens (tertiary/aromatic N) is 1. The molecule has 0 aromatic heterocycles. The monoisotopic (exact) mass is 283 g/mol. The molecule has 0 aliphatic carbocycles. The third-order valence-corrected chi connectivity index (χ3v) is 4.56. The molecule has 0 radical (unpaired) electrons. The molecule has 2 aromatic rings. The number of hydrogen-bond donors (Lipinski definition) is 0. The molecule has 2 nitrogen and oxygen atoms in total. The summed E-state index contributed by atoms with van der Waals surface area (Å²) in [4.78, 5) is 3.07. The van der Waals surface area contributed by atoms with Crippen molar-refractivity contribution in [3.05, 3.63) is 54.1 Å². The molecule has 1 aliphatic rings. The Balaban J connectivity index is 2.17. The van der Waals surface area contributed by atoms with Crippen molar-refractivity contribution in [3.8, 4) is 5.75 Å². The third-order valence-electron chi connectivity index (χ3n) is 3.87. The average Bonchev–Trinajstić information content (AvgIpc) is 2.67. The van der Waals surface area contributed by atoms with Gasteiger partial charge in [-0.3, -0.25) is 0 Å². The second kappa shape index (κ2) is 4.60. The van der Waals surface area contributed by atoms with E-state index in [1.165, 1.54) is 5.56 Å². The Hall–Kier alpha value is -1.87. The highest BCUT2D eigenvalue weighted by Gasteiger charge is 2.40. The number of benzene rings is 2. The second-order valence-corrected chi connectivity index (χ2v) is 5.87. The van der Waals surface area contributed by atoms with E-state index in [1.54, 1.807) is 7.11 Å². The molecular formula is C17H17NOS. The van der Waals surface area contributed by atoms with Gasteiger partial charge in [0.2, 0.25) is 0 Å². The Morgan fingerprint density at radius 3 is 2.55 bits per heavy atom. The number of fused-ring (bicyclic) bond motifs is 1. The highest BCUT2D eigenvalue weighted by molar-refractivity contribution is 7.80. The Labute approximate surface area is 125 Å². The molecule has 0 spiro atoms. The van der Waals surface area contributed by atoms with E-state index in [2.05, 4.69) is 49.1 Å². The Bertz CT molecular complexity index is 678. The molecule has 3 rings (SSSR count). The average molecular weight is 283 g/mol. The maximum Gasteiger partial charge on any atom is 0.120 e. The van der Waals surface area contributed by atoms with Crippen LogP contribution in [-0.2, 0) is 5.41 Å². The van der Waals surface area contributed by atoms with Gasteiger partial charge in [-0.2, -0.15) is 0 Å². The fraction of sp³-hybridized carbons (Fsp3) is 0.235. The van der Waals surface area contributed by atoms with Crippen molar-refractivity contribution in [2.75, 3.05) is 12.0 Å². The molecule has 102 valence electrons.